The molecule has 0 spiro atoms. The Balaban J connectivity index is 3.07. The maximum Gasteiger partial charge on any atom is 0.179 e. The van der Waals surface area contributed by atoms with Gasteiger partial charge in [0.05, 0.1) is 12.0 Å². The topological polar surface area (TPSA) is 48.1 Å². The summed E-state index contributed by atoms with van der Waals surface area (Å²) in [5.74, 6) is 1.19. The lowest BCUT2D eigenvalue weighted by molar-refractivity contribution is 0.415. The molecule has 0 saturated carbocycles. The summed E-state index contributed by atoms with van der Waals surface area (Å²) in [6.45, 7) is 1.92. The monoisotopic (exact) mass is 144 g/mol. The number of nitrogens with two attached hydrogens (primary N) is 1. The third kappa shape index (κ3) is 0.977. The summed E-state index contributed by atoms with van der Waals surface area (Å²) >= 11 is 1.36. The van der Waals surface area contributed by atoms with Crippen LogP contribution in [0.1, 0.15) is 4.88 Å². The van der Waals surface area contributed by atoms with Gasteiger partial charge < -0.3 is 10.5 Å². The van der Waals surface area contributed by atoms with E-state index in [9.17, 15) is 0 Å². The molecule has 0 aliphatic carbocycles. The number of aryl methyl sites for hydroxylation is 1. The Kier molecular flexibility index (Phi) is 1.57. The summed E-state index contributed by atoms with van der Waals surface area (Å²) in [4.78, 5) is 1.02. The van der Waals surface area contributed by atoms with Crippen molar-refractivity contribution in [3.05, 3.63) is 4.88 Å². The molecule has 0 fully saturated rings. The third-order valence-corrected chi connectivity index (χ3v) is 1.78. The third-order valence-electron chi connectivity index (χ3n) is 1.04. The van der Waals surface area contributed by atoms with Crippen LogP contribution in [0.5, 0.6) is 5.75 Å². The maximum absolute atomic E-state index is 5.43. The fraction of sp³-hybridized carbons (Fsp3) is 0.400. The zero-order valence-electron chi connectivity index (χ0n) is 5.34. The average molecular weight is 144 g/mol. The van der Waals surface area contributed by atoms with Gasteiger partial charge in [-0.15, -0.1) is 0 Å². The van der Waals surface area contributed by atoms with Gasteiger partial charge in [0.15, 0.2) is 11.6 Å². The molecule has 0 aliphatic rings. The Bertz CT molecular complexity index is 189. The summed E-state index contributed by atoms with van der Waals surface area (Å²) in [6.07, 6.45) is 0. The largest absolute Gasteiger partial charge is 0.492 e. The van der Waals surface area contributed by atoms with Crippen LogP contribution in [0.25, 0.3) is 0 Å². The standard InChI is InChI=1S/C5H8N2OS/c1-3-4(8-2)5(6)7-9-3/h1-2H3,(H2,6,7). The van der Waals surface area contributed by atoms with Crippen molar-refractivity contribution in [2.24, 2.45) is 0 Å². The van der Waals surface area contributed by atoms with E-state index < -0.39 is 0 Å². The lowest BCUT2D eigenvalue weighted by Gasteiger charge is -1.94. The van der Waals surface area contributed by atoms with Crippen molar-refractivity contribution in [2.45, 2.75) is 6.92 Å². The van der Waals surface area contributed by atoms with E-state index in [-0.39, 0.29) is 0 Å². The molecule has 2 N–H and O–H groups in total. The molecule has 3 nitrogen and oxygen atoms in total. The number of anilines is 1. The van der Waals surface area contributed by atoms with E-state index in [0.29, 0.717) is 11.6 Å². The van der Waals surface area contributed by atoms with Gasteiger partial charge in [0.2, 0.25) is 0 Å². The van der Waals surface area contributed by atoms with E-state index in [1.165, 1.54) is 11.5 Å². The van der Waals surface area contributed by atoms with E-state index in [0.717, 1.165) is 4.88 Å². The van der Waals surface area contributed by atoms with Crippen molar-refractivity contribution in [1.82, 2.24) is 4.37 Å². The highest BCUT2D eigenvalue weighted by Gasteiger charge is 2.05. The van der Waals surface area contributed by atoms with Gasteiger partial charge in [0.25, 0.3) is 0 Å². The minimum Gasteiger partial charge on any atom is -0.492 e. The molecular weight excluding hydrogens is 136 g/mol. The van der Waals surface area contributed by atoms with Crippen molar-refractivity contribution in [1.29, 1.82) is 0 Å². The summed E-state index contributed by atoms with van der Waals surface area (Å²) < 4.78 is 8.82. The number of hydrogen-bond acceptors (Lipinski definition) is 4. The van der Waals surface area contributed by atoms with Crippen molar-refractivity contribution < 1.29 is 4.74 Å². The Morgan fingerprint density at radius 1 is 1.67 bits per heavy atom. The summed E-state index contributed by atoms with van der Waals surface area (Å²) in [5, 5.41) is 0. The minimum absolute atomic E-state index is 0.486. The SMILES string of the molecule is COc1c(N)nsc1C. The summed E-state index contributed by atoms with van der Waals surface area (Å²) in [6, 6.07) is 0. The maximum atomic E-state index is 5.43. The van der Waals surface area contributed by atoms with Crippen LogP contribution >= 0.6 is 11.5 Å². The molecule has 0 atom stereocenters. The van der Waals surface area contributed by atoms with Crippen LogP contribution in [0, 0.1) is 6.92 Å². The quantitative estimate of drug-likeness (QED) is 0.640. The molecule has 0 amide bonds. The molecule has 1 rings (SSSR count). The first kappa shape index (κ1) is 6.35. The fourth-order valence-corrected chi connectivity index (χ4v) is 1.22. The first-order chi connectivity index (χ1) is 4.25. The van der Waals surface area contributed by atoms with Gasteiger partial charge in [-0.25, -0.2) is 0 Å². The molecule has 1 aromatic rings. The Morgan fingerprint density at radius 2 is 2.33 bits per heavy atom. The van der Waals surface area contributed by atoms with E-state index in [1.54, 1.807) is 7.11 Å². The van der Waals surface area contributed by atoms with Gasteiger partial charge in [0.1, 0.15) is 0 Å². The molecule has 0 aliphatic heterocycles. The first-order valence-electron chi connectivity index (χ1n) is 2.51. The van der Waals surface area contributed by atoms with E-state index in [4.69, 9.17) is 10.5 Å². The van der Waals surface area contributed by atoms with E-state index in [2.05, 4.69) is 4.37 Å². The number of hydrogen-bond donors (Lipinski definition) is 1. The number of rotatable bonds is 1. The second-order valence-corrected chi connectivity index (χ2v) is 2.63. The van der Waals surface area contributed by atoms with Crippen LogP contribution in [-0.4, -0.2) is 11.5 Å². The van der Waals surface area contributed by atoms with Gasteiger partial charge in [-0.2, -0.15) is 4.37 Å². The fourth-order valence-electron chi connectivity index (χ4n) is 0.629. The van der Waals surface area contributed by atoms with E-state index >= 15 is 0 Å². The van der Waals surface area contributed by atoms with Gasteiger partial charge in [0, 0.05) is 0 Å². The second kappa shape index (κ2) is 2.23. The molecular formula is C5H8N2OS. The lowest BCUT2D eigenvalue weighted by atomic mass is 10.5. The molecule has 4 heteroatoms. The Morgan fingerprint density at radius 3 is 2.56 bits per heavy atom. The van der Waals surface area contributed by atoms with Crippen molar-refractivity contribution in [3.8, 4) is 5.75 Å². The predicted molar refractivity (Wildman–Crippen MR) is 37.8 cm³/mol. The van der Waals surface area contributed by atoms with Gasteiger partial charge in [-0.1, -0.05) is 0 Å². The van der Waals surface area contributed by atoms with Gasteiger partial charge in [-0.3, -0.25) is 0 Å². The second-order valence-electron chi connectivity index (χ2n) is 1.66. The van der Waals surface area contributed by atoms with Crippen LogP contribution < -0.4 is 10.5 Å². The van der Waals surface area contributed by atoms with Gasteiger partial charge in [-0.05, 0) is 18.5 Å². The number of aromatic nitrogens is 1. The zero-order chi connectivity index (χ0) is 6.85. The summed E-state index contributed by atoms with van der Waals surface area (Å²) in [5.41, 5.74) is 5.43. The molecule has 1 aromatic heterocycles. The van der Waals surface area contributed by atoms with Crippen molar-refractivity contribution in [3.63, 3.8) is 0 Å². The molecule has 0 unspecified atom stereocenters. The van der Waals surface area contributed by atoms with Crippen LogP contribution in [0.4, 0.5) is 5.82 Å². The number of ether oxygens (including phenoxy) is 1. The lowest BCUT2D eigenvalue weighted by Crippen LogP contribution is -1.89. The molecule has 9 heavy (non-hydrogen) atoms. The van der Waals surface area contributed by atoms with Crippen molar-refractivity contribution in [2.75, 3.05) is 12.8 Å². The molecule has 0 aromatic carbocycles. The molecule has 1 heterocycles. The number of nitrogen functional groups attached to an aromatic ring is 1. The molecule has 0 bridgehead atoms. The highest BCUT2D eigenvalue weighted by atomic mass is 32.1. The van der Waals surface area contributed by atoms with E-state index in [1.807, 2.05) is 6.92 Å². The Hall–Kier alpha value is -0.770. The predicted octanol–water partition coefficient (Wildman–Crippen LogP) is 1.04. The van der Waals surface area contributed by atoms with Gasteiger partial charge >= 0.3 is 0 Å². The highest BCUT2D eigenvalue weighted by Crippen LogP contribution is 2.27. The smallest absolute Gasteiger partial charge is 0.179 e. The van der Waals surface area contributed by atoms with Crippen LogP contribution in [0.2, 0.25) is 0 Å². The van der Waals surface area contributed by atoms with Crippen LogP contribution in [0.3, 0.4) is 0 Å². The number of methoxy groups -OCH3 is 1. The summed E-state index contributed by atoms with van der Waals surface area (Å²) in [7, 11) is 1.59. The zero-order valence-corrected chi connectivity index (χ0v) is 6.16. The molecule has 0 radical (unpaired) electrons. The molecule has 0 saturated heterocycles. The minimum atomic E-state index is 0.486. The number of nitrogens with zero attached hydrogens (tertiary/aromatic N) is 1. The Labute approximate surface area is 57.6 Å². The van der Waals surface area contributed by atoms with Crippen molar-refractivity contribution >= 4 is 17.4 Å². The molecule has 50 valence electrons. The normalized spacial score (nSPS) is 9.56. The van der Waals surface area contributed by atoms with Crippen LogP contribution in [0.15, 0.2) is 0 Å². The first-order valence-corrected chi connectivity index (χ1v) is 3.28. The van der Waals surface area contributed by atoms with Crippen LogP contribution in [-0.2, 0) is 0 Å². The average Bonchev–Trinajstić information content (AvgIpc) is 2.12. The highest BCUT2D eigenvalue weighted by molar-refractivity contribution is 7.06.